The molecule has 0 unspecified atom stereocenters. The Bertz CT molecular complexity index is 1180. The molecule has 0 atom stereocenters. The molecule has 1 saturated heterocycles. The number of carbonyl (C=O) groups excluding carboxylic acids is 2. The van der Waals surface area contributed by atoms with E-state index in [4.69, 9.17) is 30.5 Å². The van der Waals surface area contributed by atoms with Crippen molar-refractivity contribution in [3.05, 3.63) is 40.9 Å². The number of nitrogens with one attached hydrogen (secondary N) is 1. The first-order valence-electron chi connectivity index (χ1n) is 10.3. The second kappa shape index (κ2) is 10.9. The first-order chi connectivity index (χ1) is 16.2. The molecule has 1 N–H and O–H groups in total. The molecule has 1 amide bonds. The molecule has 0 aliphatic carbocycles. The fraction of sp³-hybridized carbons (Fsp3) is 0.364. The minimum absolute atomic E-state index is 0.00745. The zero-order valence-electron chi connectivity index (χ0n) is 18.9. The molecule has 0 aromatic heterocycles. The smallest absolute Gasteiger partial charge is 0.340 e. The number of nitrogens with zero attached hydrogens (tertiary/aromatic N) is 1. The number of amides is 1. The van der Waals surface area contributed by atoms with Crippen LogP contribution in [0.5, 0.6) is 17.2 Å². The minimum atomic E-state index is -3.84. The van der Waals surface area contributed by atoms with E-state index in [0.717, 1.165) is 12.8 Å². The Hall–Kier alpha value is -3.02. The molecule has 34 heavy (non-hydrogen) atoms. The van der Waals surface area contributed by atoms with Gasteiger partial charge in [-0.25, -0.2) is 13.2 Å². The Morgan fingerprint density at radius 1 is 1.00 bits per heavy atom. The Balaban J connectivity index is 1.82. The van der Waals surface area contributed by atoms with Crippen LogP contribution in [0, 0.1) is 0 Å². The van der Waals surface area contributed by atoms with Gasteiger partial charge in [-0.3, -0.25) is 4.79 Å². The molecule has 0 spiro atoms. The maximum Gasteiger partial charge on any atom is 0.340 e. The van der Waals surface area contributed by atoms with Crippen molar-refractivity contribution >= 4 is 39.2 Å². The molecule has 0 saturated carbocycles. The van der Waals surface area contributed by atoms with Gasteiger partial charge < -0.3 is 24.3 Å². The van der Waals surface area contributed by atoms with Crippen LogP contribution >= 0.6 is 11.6 Å². The zero-order valence-corrected chi connectivity index (χ0v) is 20.5. The average Bonchev–Trinajstić information content (AvgIpc) is 3.38. The van der Waals surface area contributed by atoms with E-state index in [1.165, 1.54) is 56.0 Å². The Kier molecular flexibility index (Phi) is 8.24. The molecular weight excluding hydrogens is 488 g/mol. The first kappa shape index (κ1) is 25.6. The SMILES string of the molecule is COC(=O)c1cc(OC)c(OC)cc1NC(=O)COc1ccc(Cl)cc1S(=O)(=O)N1CCCC1. The third-order valence-corrected chi connectivity index (χ3v) is 7.31. The molecule has 0 radical (unpaired) electrons. The number of anilines is 1. The minimum Gasteiger partial charge on any atom is -0.493 e. The summed E-state index contributed by atoms with van der Waals surface area (Å²) < 4.78 is 48.2. The van der Waals surface area contributed by atoms with Gasteiger partial charge in [0.1, 0.15) is 10.6 Å². The quantitative estimate of drug-likeness (QED) is 0.509. The molecule has 0 bridgehead atoms. The van der Waals surface area contributed by atoms with E-state index in [9.17, 15) is 18.0 Å². The molecule has 184 valence electrons. The van der Waals surface area contributed by atoms with Gasteiger partial charge in [0.15, 0.2) is 18.1 Å². The van der Waals surface area contributed by atoms with E-state index < -0.39 is 28.5 Å². The molecular formula is C22H25ClN2O8S. The van der Waals surface area contributed by atoms with Crippen molar-refractivity contribution in [3.63, 3.8) is 0 Å². The summed E-state index contributed by atoms with van der Waals surface area (Å²) in [5.41, 5.74) is 0.149. The highest BCUT2D eigenvalue weighted by Crippen LogP contribution is 2.34. The number of esters is 1. The lowest BCUT2D eigenvalue weighted by atomic mass is 10.1. The van der Waals surface area contributed by atoms with Crippen LogP contribution in [0.2, 0.25) is 5.02 Å². The Morgan fingerprint density at radius 2 is 1.65 bits per heavy atom. The van der Waals surface area contributed by atoms with E-state index in [1.807, 2.05) is 0 Å². The summed E-state index contributed by atoms with van der Waals surface area (Å²) in [6.45, 7) is 0.286. The van der Waals surface area contributed by atoms with Gasteiger partial charge in [0.25, 0.3) is 5.91 Å². The van der Waals surface area contributed by atoms with E-state index in [2.05, 4.69) is 5.32 Å². The van der Waals surface area contributed by atoms with Crippen LogP contribution in [0.3, 0.4) is 0 Å². The fourth-order valence-corrected chi connectivity index (χ4v) is 5.37. The Labute approximate surface area is 202 Å². The summed E-state index contributed by atoms with van der Waals surface area (Å²) >= 11 is 6.03. The maximum absolute atomic E-state index is 13.0. The van der Waals surface area contributed by atoms with Crippen LogP contribution in [0.15, 0.2) is 35.2 Å². The maximum atomic E-state index is 13.0. The highest BCUT2D eigenvalue weighted by Gasteiger charge is 2.30. The number of hydrogen-bond donors (Lipinski definition) is 1. The summed E-state index contributed by atoms with van der Waals surface area (Å²) in [5.74, 6) is -0.796. The van der Waals surface area contributed by atoms with Crippen molar-refractivity contribution in [1.29, 1.82) is 0 Å². The summed E-state index contributed by atoms with van der Waals surface area (Å²) in [5, 5.41) is 2.79. The van der Waals surface area contributed by atoms with Crippen molar-refractivity contribution in [3.8, 4) is 17.2 Å². The van der Waals surface area contributed by atoms with Gasteiger partial charge in [-0.2, -0.15) is 4.31 Å². The third-order valence-electron chi connectivity index (χ3n) is 5.15. The summed E-state index contributed by atoms with van der Waals surface area (Å²) in [6, 6.07) is 6.96. The number of methoxy groups -OCH3 is 3. The van der Waals surface area contributed by atoms with Crippen LogP contribution in [0.25, 0.3) is 0 Å². The standard InChI is InChI=1S/C22H25ClN2O8S/c1-30-18-11-15(22(27)32-3)16(12-19(18)31-2)24-21(26)13-33-17-7-6-14(23)10-20(17)34(28,29)25-8-4-5-9-25/h6-7,10-12H,4-5,8-9,13H2,1-3H3,(H,24,26). The molecule has 3 rings (SSSR count). The van der Waals surface area contributed by atoms with Crippen LogP contribution in [-0.4, -0.2) is 65.6 Å². The summed E-state index contributed by atoms with van der Waals surface area (Å²) in [4.78, 5) is 24.7. The zero-order chi connectivity index (χ0) is 24.9. The molecule has 12 heteroatoms. The van der Waals surface area contributed by atoms with E-state index >= 15 is 0 Å². The molecule has 2 aromatic carbocycles. The summed E-state index contributed by atoms with van der Waals surface area (Å²) in [6.07, 6.45) is 1.54. The number of rotatable bonds is 9. The largest absolute Gasteiger partial charge is 0.493 e. The molecule has 10 nitrogen and oxygen atoms in total. The van der Waals surface area contributed by atoms with E-state index in [-0.39, 0.29) is 38.4 Å². The number of benzene rings is 2. The van der Waals surface area contributed by atoms with Crippen molar-refractivity contribution in [2.75, 3.05) is 46.3 Å². The number of carbonyl (C=O) groups is 2. The van der Waals surface area contributed by atoms with Gasteiger partial charge in [-0.15, -0.1) is 0 Å². The van der Waals surface area contributed by atoms with Gasteiger partial charge in [-0.1, -0.05) is 11.6 Å². The van der Waals surface area contributed by atoms with Gasteiger partial charge in [0.05, 0.1) is 32.6 Å². The van der Waals surface area contributed by atoms with Crippen molar-refractivity contribution in [2.45, 2.75) is 17.7 Å². The highest BCUT2D eigenvalue weighted by molar-refractivity contribution is 7.89. The molecule has 1 heterocycles. The molecule has 1 aliphatic rings. The number of hydrogen-bond acceptors (Lipinski definition) is 8. The van der Waals surface area contributed by atoms with Crippen LogP contribution < -0.4 is 19.5 Å². The average molecular weight is 513 g/mol. The van der Waals surface area contributed by atoms with Crippen molar-refractivity contribution in [1.82, 2.24) is 4.31 Å². The highest BCUT2D eigenvalue weighted by atomic mass is 35.5. The number of ether oxygens (including phenoxy) is 4. The number of halogens is 1. The molecule has 1 fully saturated rings. The van der Waals surface area contributed by atoms with Crippen LogP contribution in [-0.2, 0) is 19.6 Å². The first-order valence-corrected chi connectivity index (χ1v) is 12.1. The number of sulfonamides is 1. The molecule has 2 aromatic rings. The van der Waals surface area contributed by atoms with Gasteiger partial charge >= 0.3 is 5.97 Å². The van der Waals surface area contributed by atoms with Gasteiger partial charge in [0, 0.05) is 30.2 Å². The topological polar surface area (TPSA) is 120 Å². The van der Waals surface area contributed by atoms with Crippen molar-refractivity contribution < 1.29 is 37.0 Å². The normalized spacial score (nSPS) is 13.9. The molecule has 1 aliphatic heterocycles. The monoisotopic (exact) mass is 512 g/mol. The van der Waals surface area contributed by atoms with Gasteiger partial charge in [-0.05, 0) is 31.0 Å². The van der Waals surface area contributed by atoms with E-state index in [1.54, 1.807) is 0 Å². The van der Waals surface area contributed by atoms with Crippen molar-refractivity contribution in [2.24, 2.45) is 0 Å². The van der Waals surface area contributed by atoms with Crippen LogP contribution in [0.4, 0.5) is 5.69 Å². The van der Waals surface area contributed by atoms with Gasteiger partial charge in [0.2, 0.25) is 10.0 Å². The third kappa shape index (κ3) is 5.54. The van der Waals surface area contributed by atoms with E-state index in [0.29, 0.717) is 13.1 Å². The lowest BCUT2D eigenvalue weighted by molar-refractivity contribution is -0.118. The predicted octanol–water partition coefficient (Wildman–Crippen LogP) is 2.95. The second-order valence-corrected chi connectivity index (χ2v) is 9.63. The lowest BCUT2D eigenvalue weighted by Gasteiger charge is -2.19. The van der Waals surface area contributed by atoms with Crippen LogP contribution in [0.1, 0.15) is 23.2 Å². The Morgan fingerprint density at radius 3 is 2.26 bits per heavy atom. The predicted molar refractivity (Wildman–Crippen MR) is 124 cm³/mol. The second-order valence-electron chi connectivity index (χ2n) is 7.28. The fourth-order valence-electron chi connectivity index (χ4n) is 3.46. The lowest BCUT2D eigenvalue weighted by Crippen LogP contribution is -2.29. The summed E-state index contributed by atoms with van der Waals surface area (Å²) in [7, 11) is 0.186.